The number of hydrogen-bond donors (Lipinski definition) is 2. The third kappa shape index (κ3) is 4.70. The normalized spacial score (nSPS) is 23.8. The van der Waals surface area contributed by atoms with Crippen LogP contribution in [0.4, 0.5) is 16.2 Å². The second-order valence-corrected chi connectivity index (χ2v) is 9.18. The van der Waals surface area contributed by atoms with Gasteiger partial charge in [0.05, 0.1) is 32.3 Å². The van der Waals surface area contributed by atoms with Crippen LogP contribution in [0.15, 0.2) is 36.4 Å². The van der Waals surface area contributed by atoms with E-state index in [2.05, 4.69) is 34.7 Å². The fraction of sp³-hybridized carbons (Fsp3) is 0.480. The van der Waals surface area contributed by atoms with E-state index in [9.17, 15) is 14.9 Å². The Labute approximate surface area is 204 Å². The lowest BCUT2D eigenvalue weighted by Crippen LogP contribution is -2.52. The summed E-state index contributed by atoms with van der Waals surface area (Å²) in [6.07, 6.45) is 3.52. The molecule has 1 saturated heterocycles. The largest absolute Gasteiger partial charge is 0.496 e. The molecule has 3 atom stereocenters. The van der Waals surface area contributed by atoms with Gasteiger partial charge >= 0.3 is 6.03 Å². The molecular weight excluding hydrogens is 452 g/mol. The smallest absolute Gasteiger partial charge is 0.319 e. The number of carbonyl (C=O) groups is 1. The number of nitro groups is 1. The van der Waals surface area contributed by atoms with E-state index in [0.29, 0.717) is 17.2 Å². The van der Waals surface area contributed by atoms with Gasteiger partial charge in [-0.05, 0) is 69.1 Å². The van der Waals surface area contributed by atoms with Crippen LogP contribution in [-0.2, 0) is 5.41 Å². The molecule has 1 aliphatic carbocycles. The molecule has 10 nitrogen and oxygen atoms in total. The Kier molecular flexibility index (Phi) is 7.02. The summed E-state index contributed by atoms with van der Waals surface area (Å²) in [4.78, 5) is 26.0. The summed E-state index contributed by atoms with van der Waals surface area (Å²) < 4.78 is 16.0. The average Bonchev–Trinajstić information content (AvgIpc) is 3.20. The molecule has 2 N–H and O–H groups in total. The van der Waals surface area contributed by atoms with E-state index in [1.807, 2.05) is 6.07 Å². The Morgan fingerprint density at radius 2 is 1.86 bits per heavy atom. The van der Waals surface area contributed by atoms with Crippen LogP contribution in [0.2, 0.25) is 0 Å². The number of anilines is 1. The van der Waals surface area contributed by atoms with Gasteiger partial charge in [-0.15, -0.1) is 0 Å². The number of nitrogens with zero attached hydrogens (tertiary/aromatic N) is 2. The highest BCUT2D eigenvalue weighted by molar-refractivity contribution is 5.92. The number of fused-ring (bicyclic) bond motifs is 1. The van der Waals surface area contributed by atoms with Crippen molar-refractivity contribution in [3.05, 3.63) is 52.1 Å². The Balaban J connectivity index is 1.48. The zero-order valence-electron chi connectivity index (χ0n) is 20.5. The minimum atomic E-state index is -0.538. The quantitative estimate of drug-likeness (QED) is 0.452. The molecule has 2 aromatic rings. The topological polar surface area (TPSA) is 115 Å². The molecule has 0 spiro atoms. The number of likely N-dealkylation sites (N-methyl/N-ethyl adjacent to an activating group) is 1. The third-order valence-electron chi connectivity index (χ3n) is 7.47. The van der Waals surface area contributed by atoms with Gasteiger partial charge in [-0.25, -0.2) is 4.79 Å². The molecule has 2 aliphatic rings. The van der Waals surface area contributed by atoms with Gasteiger partial charge in [0.25, 0.3) is 5.69 Å². The van der Waals surface area contributed by atoms with Crippen LogP contribution in [0.1, 0.15) is 31.2 Å². The first kappa shape index (κ1) is 24.6. The predicted octanol–water partition coefficient (Wildman–Crippen LogP) is 3.94. The Bertz CT molecular complexity index is 1110. The number of amides is 2. The van der Waals surface area contributed by atoms with Crippen LogP contribution in [0, 0.1) is 10.1 Å². The minimum Gasteiger partial charge on any atom is -0.496 e. The number of rotatable bonds is 7. The summed E-state index contributed by atoms with van der Waals surface area (Å²) >= 11 is 0. The SMILES string of the molecule is COc1ccc(NC(=O)NC2CCC3(c4ccc(OC)c(OC)c4)CCN(C)C3C2)c([N+](=O)[O-])c1. The number of urea groups is 1. The summed E-state index contributed by atoms with van der Waals surface area (Å²) in [6, 6.07) is 10.2. The molecule has 1 aliphatic heterocycles. The van der Waals surface area contributed by atoms with E-state index >= 15 is 0 Å². The van der Waals surface area contributed by atoms with Crippen LogP contribution in [0.5, 0.6) is 17.2 Å². The van der Waals surface area contributed by atoms with E-state index in [4.69, 9.17) is 14.2 Å². The molecule has 3 unspecified atom stereocenters. The molecule has 2 amide bonds. The number of carbonyl (C=O) groups excluding carboxylic acids is 1. The second kappa shape index (κ2) is 9.99. The lowest BCUT2D eigenvalue weighted by Gasteiger charge is -2.45. The average molecular weight is 485 g/mol. The minimum absolute atomic E-state index is 0.0300. The lowest BCUT2D eigenvalue weighted by atomic mass is 9.65. The monoisotopic (exact) mass is 484 g/mol. The van der Waals surface area contributed by atoms with Gasteiger partial charge in [0, 0.05) is 17.5 Å². The molecule has 35 heavy (non-hydrogen) atoms. The maximum Gasteiger partial charge on any atom is 0.319 e. The molecule has 0 bridgehead atoms. The zero-order chi connectivity index (χ0) is 25.2. The summed E-state index contributed by atoms with van der Waals surface area (Å²) in [5.74, 6) is 1.77. The standard InChI is InChI=1S/C25H32N4O6/c1-28-12-11-25(16-5-8-21(34-3)22(13-16)35-4)10-9-17(14-23(25)28)26-24(30)27-19-7-6-18(33-2)15-20(19)29(31)32/h5-8,13,15,17,23H,9-12,14H2,1-4H3,(H2,26,27,30). The molecule has 0 radical (unpaired) electrons. The third-order valence-corrected chi connectivity index (χ3v) is 7.47. The van der Waals surface area contributed by atoms with E-state index in [1.54, 1.807) is 20.3 Å². The first-order valence-corrected chi connectivity index (χ1v) is 11.6. The number of nitrogens with one attached hydrogen (secondary N) is 2. The van der Waals surface area contributed by atoms with Gasteiger partial charge in [0.15, 0.2) is 11.5 Å². The summed E-state index contributed by atoms with van der Waals surface area (Å²) in [5.41, 5.74) is 1.10. The number of likely N-dealkylation sites (tertiary alicyclic amines) is 1. The molecule has 10 heteroatoms. The molecule has 0 aromatic heterocycles. The van der Waals surface area contributed by atoms with Crippen molar-refractivity contribution in [1.29, 1.82) is 0 Å². The first-order chi connectivity index (χ1) is 16.8. The van der Waals surface area contributed by atoms with E-state index < -0.39 is 11.0 Å². The molecule has 1 heterocycles. The number of methoxy groups -OCH3 is 3. The zero-order valence-corrected chi connectivity index (χ0v) is 20.5. The van der Waals surface area contributed by atoms with Gasteiger partial charge < -0.3 is 29.7 Å². The van der Waals surface area contributed by atoms with E-state index in [-0.39, 0.29) is 28.9 Å². The highest BCUT2D eigenvalue weighted by Crippen LogP contribution is 2.49. The van der Waals surface area contributed by atoms with Gasteiger partial charge in [0.2, 0.25) is 0 Å². The van der Waals surface area contributed by atoms with Crippen molar-refractivity contribution < 1.29 is 23.9 Å². The Hall–Kier alpha value is -3.53. The fourth-order valence-electron chi connectivity index (χ4n) is 5.63. The summed E-state index contributed by atoms with van der Waals surface area (Å²) in [7, 11) is 6.83. The molecular formula is C25H32N4O6. The van der Waals surface area contributed by atoms with Crippen molar-refractivity contribution in [1.82, 2.24) is 10.2 Å². The van der Waals surface area contributed by atoms with Crippen molar-refractivity contribution in [2.45, 2.75) is 43.2 Å². The maximum atomic E-state index is 12.8. The van der Waals surface area contributed by atoms with Crippen LogP contribution < -0.4 is 24.8 Å². The maximum absolute atomic E-state index is 12.8. The van der Waals surface area contributed by atoms with Gasteiger partial charge in [-0.2, -0.15) is 0 Å². The van der Waals surface area contributed by atoms with Crippen molar-refractivity contribution in [3.8, 4) is 17.2 Å². The Morgan fingerprint density at radius 3 is 2.54 bits per heavy atom. The molecule has 2 fully saturated rings. The molecule has 4 rings (SSSR count). The highest BCUT2D eigenvalue weighted by atomic mass is 16.6. The molecule has 188 valence electrons. The molecule has 2 aromatic carbocycles. The number of hydrogen-bond acceptors (Lipinski definition) is 7. The Morgan fingerprint density at radius 1 is 1.09 bits per heavy atom. The van der Waals surface area contributed by atoms with Crippen molar-refractivity contribution in [3.63, 3.8) is 0 Å². The number of benzene rings is 2. The van der Waals surface area contributed by atoms with E-state index in [1.165, 1.54) is 24.8 Å². The van der Waals surface area contributed by atoms with E-state index in [0.717, 1.165) is 32.2 Å². The second-order valence-electron chi connectivity index (χ2n) is 9.18. The van der Waals surface area contributed by atoms with Crippen LogP contribution in [0.25, 0.3) is 0 Å². The highest BCUT2D eigenvalue weighted by Gasteiger charge is 2.50. The first-order valence-electron chi connectivity index (χ1n) is 11.6. The van der Waals surface area contributed by atoms with Crippen molar-refractivity contribution >= 4 is 17.4 Å². The number of nitro benzene ring substituents is 1. The number of ether oxygens (including phenoxy) is 3. The van der Waals surface area contributed by atoms with Crippen molar-refractivity contribution in [2.75, 3.05) is 40.2 Å². The van der Waals surface area contributed by atoms with Gasteiger partial charge in [-0.3, -0.25) is 10.1 Å². The van der Waals surface area contributed by atoms with Crippen LogP contribution >= 0.6 is 0 Å². The predicted molar refractivity (Wildman–Crippen MR) is 132 cm³/mol. The van der Waals surface area contributed by atoms with Crippen molar-refractivity contribution in [2.24, 2.45) is 0 Å². The van der Waals surface area contributed by atoms with Gasteiger partial charge in [0.1, 0.15) is 11.4 Å². The van der Waals surface area contributed by atoms with Crippen LogP contribution in [-0.4, -0.2) is 62.9 Å². The van der Waals surface area contributed by atoms with Crippen LogP contribution in [0.3, 0.4) is 0 Å². The summed E-state index contributed by atoms with van der Waals surface area (Å²) in [5, 5.41) is 17.1. The molecule has 1 saturated carbocycles. The summed E-state index contributed by atoms with van der Waals surface area (Å²) in [6.45, 7) is 0.968. The lowest BCUT2D eigenvalue weighted by molar-refractivity contribution is -0.384. The fourth-order valence-corrected chi connectivity index (χ4v) is 5.63. The van der Waals surface area contributed by atoms with Gasteiger partial charge in [-0.1, -0.05) is 6.07 Å².